The number of sulfonamides is 1. The van der Waals surface area contributed by atoms with Crippen LogP contribution in [-0.2, 0) is 14.8 Å². The van der Waals surface area contributed by atoms with Crippen LogP contribution in [0.25, 0.3) is 11.3 Å². The molecule has 2 heterocycles. The van der Waals surface area contributed by atoms with Crippen molar-refractivity contribution in [2.24, 2.45) is 0 Å². The van der Waals surface area contributed by atoms with Gasteiger partial charge in [-0.3, -0.25) is 9.52 Å². The fraction of sp³-hybridized carbons (Fsp3) is 0.375. The Bertz CT molecular complexity index is 847. The number of hydrogen-bond acceptors (Lipinski definition) is 6. The summed E-state index contributed by atoms with van der Waals surface area (Å²) < 4.78 is 24.9. The average molecular weight is 417 g/mol. The van der Waals surface area contributed by atoms with Crippen LogP contribution in [-0.4, -0.2) is 38.2 Å². The summed E-state index contributed by atoms with van der Waals surface area (Å²) in [7, 11) is -3.29. The molecule has 1 aromatic carbocycles. The number of anilines is 2. The van der Waals surface area contributed by atoms with Crippen molar-refractivity contribution in [1.29, 1.82) is 0 Å². The maximum Gasteiger partial charge on any atom is 0.229 e. The Balaban J connectivity index is 0.00000243. The van der Waals surface area contributed by atoms with E-state index in [0.717, 1.165) is 36.9 Å². The first-order valence-corrected chi connectivity index (χ1v) is 10.7. The third-order valence-corrected chi connectivity index (χ3v) is 5.19. The van der Waals surface area contributed by atoms with Gasteiger partial charge < -0.3 is 10.6 Å². The van der Waals surface area contributed by atoms with E-state index in [0.29, 0.717) is 17.2 Å². The number of carbonyl (C=O) groups is 1. The van der Waals surface area contributed by atoms with Crippen molar-refractivity contribution >= 4 is 50.5 Å². The molecule has 0 aliphatic carbocycles. The van der Waals surface area contributed by atoms with Gasteiger partial charge in [-0.2, -0.15) is 0 Å². The van der Waals surface area contributed by atoms with Gasteiger partial charge in [0.25, 0.3) is 0 Å². The molecule has 1 atom stereocenters. The Hall–Kier alpha value is -1.68. The normalized spacial score (nSPS) is 16.7. The van der Waals surface area contributed by atoms with Crippen LogP contribution < -0.4 is 15.4 Å². The number of rotatable bonds is 6. The van der Waals surface area contributed by atoms with Gasteiger partial charge in [0.05, 0.1) is 11.9 Å². The topological polar surface area (TPSA) is 100 Å². The van der Waals surface area contributed by atoms with Crippen molar-refractivity contribution in [2.75, 3.05) is 22.8 Å². The second-order valence-corrected chi connectivity index (χ2v) is 8.64. The third kappa shape index (κ3) is 5.94. The summed E-state index contributed by atoms with van der Waals surface area (Å²) in [6.07, 6.45) is 3.71. The van der Waals surface area contributed by atoms with E-state index in [1.165, 1.54) is 11.3 Å². The number of amides is 1. The van der Waals surface area contributed by atoms with Crippen molar-refractivity contribution in [3.05, 3.63) is 29.6 Å². The lowest BCUT2D eigenvalue weighted by Gasteiger charge is -2.08. The average Bonchev–Trinajstić information content (AvgIpc) is 3.18. The molecule has 26 heavy (non-hydrogen) atoms. The molecule has 0 radical (unpaired) electrons. The molecule has 0 saturated carbocycles. The predicted molar refractivity (Wildman–Crippen MR) is 108 cm³/mol. The molecular formula is C16H21ClN4O3S2. The monoisotopic (exact) mass is 416 g/mol. The lowest BCUT2D eigenvalue weighted by atomic mass is 10.1. The Morgan fingerprint density at radius 2 is 2.08 bits per heavy atom. The Kier molecular flexibility index (Phi) is 6.99. The van der Waals surface area contributed by atoms with Gasteiger partial charge in [-0.05, 0) is 31.5 Å². The van der Waals surface area contributed by atoms with E-state index in [1.807, 2.05) is 5.38 Å². The summed E-state index contributed by atoms with van der Waals surface area (Å²) in [5.41, 5.74) is 2.09. The number of hydrogen-bond donors (Lipinski definition) is 3. The van der Waals surface area contributed by atoms with E-state index >= 15 is 0 Å². The zero-order valence-corrected chi connectivity index (χ0v) is 16.6. The summed E-state index contributed by atoms with van der Waals surface area (Å²) in [6.45, 7) is 0.976. The number of thiazole rings is 1. The number of nitrogens with one attached hydrogen (secondary N) is 3. The molecule has 1 amide bonds. The first kappa shape index (κ1) is 20.6. The van der Waals surface area contributed by atoms with Gasteiger partial charge in [0, 0.05) is 29.1 Å². The highest BCUT2D eigenvalue weighted by Gasteiger charge is 2.18. The van der Waals surface area contributed by atoms with E-state index in [9.17, 15) is 13.2 Å². The van der Waals surface area contributed by atoms with E-state index in [-0.39, 0.29) is 24.4 Å². The van der Waals surface area contributed by atoms with Crippen LogP contribution in [0.3, 0.4) is 0 Å². The molecule has 7 nitrogen and oxygen atoms in total. The third-order valence-electron chi connectivity index (χ3n) is 3.83. The smallest absolute Gasteiger partial charge is 0.229 e. The molecule has 0 bridgehead atoms. The number of halogens is 1. The standard InChI is InChI=1S/C16H20N4O3S2.ClH/c1-25(22,23)20-12-6-4-11(5-7-12)14-10-24-16(18-14)19-15(21)9-13-3-2-8-17-13;/h4-7,10,13,17,20H,2-3,8-9H2,1H3,(H,18,19,21);1H. The number of benzene rings is 1. The van der Waals surface area contributed by atoms with Crippen molar-refractivity contribution in [1.82, 2.24) is 10.3 Å². The first-order valence-electron chi connectivity index (χ1n) is 7.96. The van der Waals surface area contributed by atoms with Crippen LogP contribution in [0.5, 0.6) is 0 Å². The summed E-state index contributed by atoms with van der Waals surface area (Å²) >= 11 is 1.37. The Labute approximate surface area is 163 Å². The van der Waals surface area contributed by atoms with Crippen molar-refractivity contribution < 1.29 is 13.2 Å². The van der Waals surface area contributed by atoms with Gasteiger partial charge in [-0.25, -0.2) is 13.4 Å². The Morgan fingerprint density at radius 1 is 1.35 bits per heavy atom. The van der Waals surface area contributed by atoms with Crippen LogP contribution in [0.2, 0.25) is 0 Å². The molecule has 1 aliphatic heterocycles. The number of aromatic nitrogens is 1. The molecule has 3 N–H and O–H groups in total. The molecular weight excluding hydrogens is 396 g/mol. The highest BCUT2D eigenvalue weighted by molar-refractivity contribution is 7.92. The van der Waals surface area contributed by atoms with Crippen molar-refractivity contribution in [3.63, 3.8) is 0 Å². The molecule has 1 unspecified atom stereocenters. The molecule has 142 valence electrons. The summed E-state index contributed by atoms with van der Waals surface area (Å²) in [5.74, 6) is -0.0343. The van der Waals surface area contributed by atoms with Crippen LogP contribution in [0.15, 0.2) is 29.6 Å². The molecule has 1 fully saturated rings. The molecule has 1 aromatic heterocycles. The first-order chi connectivity index (χ1) is 11.9. The van der Waals surface area contributed by atoms with Crippen LogP contribution in [0.4, 0.5) is 10.8 Å². The molecule has 10 heteroatoms. The lowest BCUT2D eigenvalue weighted by molar-refractivity contribution is -0.116. The molecule has 0 spiro atoms. The summed E-state index contributed by atoms with van der Waals surface area (Å²) in [6, 6.07) is 7.20. The fourth-order valence-electron chi connectivity index (χ4n) is 2.71. The van der Waals surface area contributed by atoms with Crippen molar-refractivity contribution in [2.45, 2.75) is 25.3 Å². The van der Waals surface area contributed by atoms with Gasteiger partial charge in [0.1, 0.15) is 0 Å². The summed E-state index contributed by atoms with van der Waals surface area (Å²) in [5, 5.41) is 8.57. The lowest BCUT2D eigenvalue weighted by Crippen LogP contribution is -2.27. The van der Waals surface area contributed by atoms with Crippen LogP contribution in [0.1, 0.15) is 19.3 Å². The van der Waals surface area contributed by atoms with Crippen molar-refractivity contribution in [3.8, 4) is 11.3 Å². The molecule has 2 aromatic rings. The van der Waals surface area contributed by atoms with E-state index in [2.05, 4.69) is 20.3 Å². The highest BCUT2D eigenvalue weighted by atomic mass is 35.5. The maximum atomic E-state index is 12.0. The minimum atomic E-state index is -3.29. The fourth-order valence-corrected chi connectivity index (χ4v) is 4.01. The Morgan fingerprint density at radius 3 is 2.69 bits per heavy atom. The van der Waals surface area contributed by atoms with Gasteiger partial charge in [-0.15, -0.1) is 23.7 Å². The SMILES string of the molecule is CS(=O)(=O)Nc1ccc(-c2csc(NC(=O)CC3CCCN3)n2)cc1.Cl. The van der Waals surface area contributed by atoms with Gasteiger partial charge in [-0.1, -0.05) is 12.1 Å². The van der Waals surface area contributed by atoms with Crippen LogP contribution >= 0.6 is 23.7 Å². The molecule has 1 saturated heterocycles. The van der Waals surface area contributed by atoms with Crippen LogP contribution in [0, 0.1) is 0 Å². The second-order valence-electron chi connectivity index (χ2n) is 6.04. The minimum absolute atomic E-state index is 0. The summed E-state index contributed by atoms with van der Waals surface area (Å²) in [4.78, 5) is 16.5. The van der Waals surface area contributed by atoms with E-state index in [1.54, 1.807) is 24.3 Å². The zero-order valence-electron chi connectivity index (χ0n) is 14.2. The molecule has 1 aliphatic rings. The molecule has 3 rings (SSSR count). The minimum Gasteiger partial charge on any atom is -0.313 e. The quantitative estimate of drug-likeness (QED) is 0.672. The largest absolute Gasteiger partial charge is 0.313 e. The number of carbonyl (C=O) groups excluding carboxylic acids is 1. The van der Waals surface area contributed by atoms with E-state index < -0.39 is 10.0 Å². The zero-order chi connectivity index (χ0) is 17.9. The maximum absolute atomic E-state index is 12.0. The second kappa shape index (κ2) is 8.81. The van der Waals surface area contributed by atoms with Gasteiger partial charge in [0.2, 0.25) is 15.9 Å². The van der Waals surface area contributed by atoms with Gasteiger partial charge >= 0.3 is 0 Å². The number of nitrogens with zero attached hydrogens (tertiary/aromatic N) is 1. The predicted octanol–water partition coefficient (Wildman–Crippen LogP) is 2.68. The van der Waals surface area contributed by atoms with E-state index in [4.69, 9.17) is 0 Å². The van der Waals surface area contributed by atoms with Gasteiger partial charge in [0.15, 0.2) is 5.13 Å². The highest BCUT2D eigenvalue weighted by Crippen LogP contribution is 2.26.